The molecule has 0 spiro atoms. The maximum absolute atomic E-state index is 5.95. The van der Waals surface area contributed by atoms with Gasteiger partial charge in [-0.15, -0.1) is 12.4 Å². The number of nitrogens with two attached hydrogens (primary N) is 1. The highest BCUT2D eigenvalue weighted by atomic mass is 35.5. The van der Waals surface area contributed by atoms with Gasteiger partial charge in [0.25, 0.3) is 0 Å². The van der Waals surface area contributed by atoms with Crippen LogP contribution in [0.15, 0.2) is 12.1 Å². The first-order chi connectivity index (χ1) is 8.15. The first kappa shape index (κ1) is 16.9. The molecule has 1 atom stereocenters. The Kier molecular flexibility index (Phi) is 7.55. The fourth-order valence-corrected chi connectivity index (χ4v) is 1.70. The van der Waals surface area contributed by atoms with E-state index < -0.39 is 0 Å². The van der Waals surface area contributed by atoms with Crippen LogP contribution in [0.5, 0.6) is 17.2 Å². The zero-order chi connectivity index (χ0) is 12.8. The Morgan fingerprint density at radius 1 is 1.06 bits per heavy atom. The van der Waals surface area contributed by atoms with Gasteiger partial charge in [-0.2, -0.15) is 0 Å². The molecule has 104 valence electrons. The average molecular weight is 276 g/mol. The highest BCUT2D eigenvalue weighted by Crippen LogP contribution is 2.38. The quantitative estimate of drug-likeness (QED) is 0.866. The summed E-state index contributed by atoms with van der Waals surface area (Å²) in [6.07, 6.45) is 1.74. The summed E-state index contributed by atoms with van der Waals surface area (Å²) in [5.41, 5.74) is 7.04. The monoisotopic (exact) mass is 275 g/mol. The Hall–Kier alpha value is -1.13. The first-order valence-electron chi connectivity index (χ1n) is 5.70. The van der Waals surface area contributed by atoms with Gasteiger partial charge in [-0.05, 0) is 30.5 Å². The number of hydrogen-bond acceptors (Lipinski definition) is 4. The molecule has 0 bridgehead atoms. The van der Waals surface area contributed by atoms with E-state index in [1.54, 1.807) is 21.3 Å². The normalized spacial score (nSPS) is 11.4. The molecule has 0 saturated heterocycles. The molecule has 18 heavy (non-hydrogen) atoms. The lowest BCUT2D eigenvalue weighted by Gasteiger charge is -2.15. The molecule has 0 fully saturated rings. The van der Waals surface area contributed by atoms with E-state index in [1.807, 2.05) is 12.1 Å². The lowest BCUT2D eigenvalue weighted by Crippen LogP contribution is -2.21. The van der Waals surface area contributed by atoms with Gasteiger partial charge in [-0.3, -0.25) is 0 Å². The molecule has 0 aliphatic rings. The van der Waals surface area contributed by atoms with E-state index in [-0.39, 0.29) is 18.4 Å². The predicted molar refractivity (Wildman–Crippen MR) is 75.3 cm³/mol. The summed E-state index contributed by atoms with van der Waals surface area (Å²) in [4.78, 5) is 0. The van der Waals surface area contributed by atoms with Gasteiger partial charge in [-0.25, -0.2) is 0 Å². The Bertz CT molecular complexity index is 346. The number of halogens is 1. The summed E-state index contributed by atoms with van der Waals surface area (Å²) in [6, 6.07) is 4.03. The standard InChI is InChI=1S/C13H21NO3.ClH/c1-5-10(14)6-9-7-11(15-2)13(17-4)12(8-9)16-3;/h7-8,10H,5-6,14H2,1-4H3;1H. The molecular weight excluding hydrogens is 254 g/mol. The zero-order valence-corrected chi connectivity index (χ0v) is 12.2. The summed E-state index contributed by atoms with van der Waals surface area (Å²) in [5, 5.41) is 0. The summed E-state index contributed by atoms with van der Waals surface area (Å²) >= 11 is 0. The topological polar surface area (TPSA) is 53.7 Å². The zero-order valence-electron chi connectivity index (χ0n) is 11.4. The predicted octanol–water partition coefficient (Wildman–Crippen LogP) is 2.41. The van der Waals surface area contributed by atoms with Crippen molar-refractivity contribution in [3.05, 3.63) is 17.7 Å². The average Bonchev–Trinajstić information content (AvgIpc) is 2.37. The minimum atomic E-state index is 0. The Balaban J connectivity index is 0.00000289. The van der Waals surface area contributed by atoms with Crippen LogP contribution in [0.4, 0.5) is 0 Å². The van der Waals surface area contributed by atoms with Crippen LogP contribution in [0, 0.1) is 0 Å². The van der Waals surface area contributed by atoms with Crippen LogP contribution in [-0.4, -0.2) is 27.4 Å². The Labute approximate surface area is 115 Å². The molecule has 1 rings (SSSR count). The largest absolute Gasteiger partial charge is 0.493 e. The van der Waals surface area contributed by atoms with Crippen LogP contribution in [0.3, 0.4) is 0 Å². The molecular formula is C13H22ClNO3. The van der Waals surface area contributed by atoms with E-state index in [0.29, 0.717) is 17.2 Å². The van der Waals surface area contributed by atoms with Crippen LogP contribution in [0.1, 0.15) is 18.9 Å². The second kappa shape index (κ2) is 8.06. The van der Waals surface area contributed by atoms with Crippen LogP contribution in [-0.2, 0) is 6.42 Å². The van der Waals surface area contributed by atoms with Crippen molar-refractivity contribution in [2.45, 2.75) is 25.8 Å². The maximum atomic E-state index is 5.95. The third-order valence-electron chi connectivity index (χ3n) is 2.75. The first-order valence-corrected chi connectivity index (χ1v) is 5.70. The molecule has 1 unspecified atom stereocenters. The van der Waals surface area contributed by atoms with E-state index in [2.05, 4.69) is 6.92 Å². The minimum absolute atomic E-state index is 0. The van der Waals surface area contributed by atoms with E-state index in [1.165, 1.54) is 0 Å². The smallest absolute Gasteiger partial charge is 0.203 e. The van der Waals surface area contributed by atoms with Crippen molar-refractivity contribution in [1.82, 2.24) is 0 Å². The molecule has 0 aliphatic heterocycles. The number of ether oxygens (including phenoxy) is 3. The molecule has 1 aromatic carbocycles. The lowest BCUT2D eigenvalue weighted by atomic mass is 10.0. The van der Waals surface area contributed by atoms with Crippen LogP contribution < -0.4 is 19.9 Å². The van der Waals surface area contributed by atoms with Gasteiger partial charge in [0, 0.05) is 6.04 Å². The summed E-state index contributed by atoms with van der Waals surface area (Å²) in [5.74, 6) is 1.96. The fraction of sp³-hybridized carbons (Fsp3) is 0.538. The van der Waals surface area contributed by atoms with Crippen LogP contribution in [0.2, 0.25) is 0 Å². The number of methoxy groups -OCH3 is 3. The van der Waals surface area contributed by atoms with Gasteiger partial charge in [0.2, 0.25) is 5.75 Å². The fourth-order valence-electron chi connectivity index (χ4n) is 1.70. The van der Waals surface area contributed by atoms with Crippen molar-refractivity contribution in [2.24, 2.45) is 5.73 Å². The van der Waals surface area contributed by atoms with E-state index in [9.17, 15) is 0 Å². The number of benzene rings is 1. The molecule has 1 aromatic rings. The molecule has 0 saturated carbocycles. The molecule has 0 radical (unpaired) electrons. The van der Waals surface area contributed by atoms with Crippen molar-refractivity contribution in [3.63, 3.8) is 0 Å². The number of rotatable bonds is 6. The molecule has 5 heteroatoms. The van der Waals surface area contributed by atoms with E-state index >= 15 is 0 Å². The van der Waals surface area contributed by atoms with E-state index in [4.69, 9.17) is 19.9 Å². The second-order valence-electron chi connectivity index (χ2n) is 3.91. The van der Waals surface area contributed by atoms with Gasteiger partial charge in [-0.1, -0.05) is 6.92 Å². The summed E-state index contributed by atoms with van der Waals surface area (Å²) in [6.45, 7) is 2.07. The van der Waals surface area contributed by atoms with Gasteiger partial charge >= 0.3 is 0 Å². The Morgan fingerprint density at radius 3 is 1.89 bits per heavy atom. The molecule has 0 amide bonds. The van der Waals surface area contributed by atoms with Gasteiger partial charge in [0.1, 0.15) is 0 Å². The maximum Gasteiger partial charge on any atom is 0.203 e. The summed E-state index contributed by atoms with van der Waals surface area (Å²) < 4.78 is 15.8. The molecule has 0 aliphatic carbocycles. The third kappa shape index (κ3) is 3.96. The molecule has 4 nitrogen and oxygen atoms in total. The highest BCUT2D eigenvalue weighted by molar-refractivity contribution is 5.85. The third-order valence-corrected chi connectivity index (χ3v) is 2.75. The van der Waals surface area contributed by atoms with Crippen molar-refractivity contribution in [1.29, 1.82) is 0 Å². The lowest BCUT2D eigenvalue weighted by molar-refractivity contribution is 0.323. The summed E-state index contributed by atoms with van der Waals surface area (Å²) in [7, 11) is 4.82. The van der Waals surface area contributed by atoms with Gasteiger partial charge in [0.15, 0.2) is 11.5 Å². The number of hydrogen-bond donors (Lipinski definition) is 1. The second-order valence-corrected chi connectivity index (χ2v) is 3.91. The highest BCUT2D eigenvalue weighted by Gasteiger charge is 2.14. The van der Waals surface area contributed by atoms with Gasteiger partial charge < -0.3 is 19.9 Å². The molecule has 0 aromatic heterocycles. The van der Waals surface area contributed by atoms with Crippen molar-refractivity contribution in [3.8, 4) is 17.2 Å². The van der Waals surface area contributed by atoms with Crippen LogP contribution in [0.25, 0.3) is 0 Å². The van der Waals surface area contributed by atoms with E-state index in [0.717, 1.165) is 18.4 Å². The molecule has 2 N–H and O–H groups in total. The minimum Gasteiger partial charge on any atom is -0.493 e. The van der Waals surface area contributed by atoms with Crippen molar-refractivity contribution >= 4 is 12.4 Å². The van der Waals surface area contributed by atoms with Crippen molar-refractivity contribution < 1.29 is 14.2 Å². The van der Waals surface area contributed by atoms with Gasteiger partial charge in [0.05, 0.1) is 21.3 Å². The van der Waals surface area contributed by atoms with Crippen LogP contribution >= 0.6 is 12.4 Å². The Morgan fingerprint density at radius 2 is 1.56 bits per heavy atom. The van der Waals surface area contributed by atoms with Crippen molar-refractivity contribution in [2.75, 3.05) is 21.3 Å². The SMILES string of the molecule is CCC(N)Cc1cc(OC)c(OC)c(OC)c1.Cl. The molecule has 0 heterocycles.